The lowest BCUT2D eigenvalue weighted by molar-refractivity contribution is 0.274. The topological polar surface area (TPSA) is 27.0 Å². The van der Waals surface area contributed by atoms with Crippen molar-refractivity contribution in [2.75, 3.05) is 20.1 Å². The Morgan fingerprint density at radius 3 is 2.68 bits per heavy atom. The molecule has 0 heterocycles. The average molecular weight is 327 g/mol. The summed E-state index contributed by atoms with van der Waals surface area (Å²) in [7, 11) is 1.97. The maximum atomic E-state index is 13.6. The van der Waals surface area contributed by atoms with E-state index in [0.29, 0.717) is 17.9 Å². The molecule has 19 heavy (non-hydrogen) atoms. The highest BCUT2D eigenvalue weighted by Gasteiger charge is 2.15. The highest BCUT2D eigenvalue weighted by atomic mass is 79.9. The molecule has 0 saturated heterocycles. The first-order valence-corrected chi connectivity index (χ1v) is 7.25. The zero-order chi connectivity index (χ0) is 14.4. The first-order valence-electron chi connectivity index (χ1n) is 6.46. The third kappa shape index (κ3) is 5.30. The van der Waals surface area contributed by atoms with E-state index in [1.165, 1.54) is 6.07 Å². The summed E-state index contributed by atoms with van der Waals surface area (Å²) in [5.41, 5.74) is 0.708. The summed E-state index contributed by atoms with van der Waals surface area (Å²) in [5.74, 6) is 0.199. The normalized spacial score (nSPS) is 12.7. The Kier molecular flexibility index (Phi) is 6.47. The minimum Gasteiger partial charge on any atom is -0.305 e. The van der Waals surface area contributed by atoms with E-state index in [0.717, 1.165) is 17.6 Å². The predicted molar refractivity (Wildman–Crippen MR) is 79.2 cm³/mol. The monoisotopic (exact) mass is 326 g/mol. The smallest absolute Gasteiger partial charge is 0.126 e. The van der Waals surface area contributed by atoms with Crippen LogP contribution in [-0.4, -0.2) is 25.0 Å². The third-order valence-electron chi connectivity index (χ3n) is 3.25. The molecule has 1 rings (SSSR count). The van der Waals surface area contributed by atoms with Gasteiger partial charge in [-0.15, -0.1) is 0 Å². The maximum Gasteiger partial charge on any atom is 0.126 e. The Labute approximate surface area is 123 Å². The van der Waals surface area contributed by atoms with E-state index in [1.807, 2.05) is 13.1 Å². The van der Waals surface area contributed by atoms with Gasteiger partial charge < -0.3 is 4.90 Å². The second-order valence-electron chi connectivity index (χ2n) is 5.23. The number of benzene rings is 1. The largest absolute Gasteiger partial charge is 0.305 e. The molecule has 0 fully saturated rings. The molecule has 0 saturated carbocycles. The van der Waals surface area contributed by atoms with Gasteiger partial charge in [0.05, 0.1) is 12.0 Å². The van der Waals surface area contributed by atoms with Gasteiger partial charge in [0.25, 0.3) is 0 Å². The lowest BCUT2D eigenvalue weighted by Crippen LogP contribution is -2.29. The minimum atomic E-state index is -0.169. The van der Waals surface area contributed by atoms with Crippen LogP contribution in [0.3, 0.4) is 0 Å². The van der Waals surface area contributed by atoms with Gasteiger partial charge in [0, 0.05) is 17.6 Å². The molecule has 0 aromatic heterocycles. The number of likely N-dealkylation sites (N-methyl/N-ethyl adjacent to an activating group) is 1. The van der Waals surface area contributed by atoms with Crippen LogP contribution in [-0.2, 0) is 6.42 Å². The van der Waals surface area contributed by atoms with E-state index in [4.69, 9.17) is 5.26 Å². The molecule has 2 nitrogen and oxygen atoms in total. The fraction of sp³-hybridized carbons (Fsp3) is 0.533. The van der Waals surface area contributed by atoms with Crippen molar-refractivity contribution in [1.29, 1.82) is 5.26 Å². The van der Waals surface area contributed by atoms with Crippen LogP contribution in [0.15, 0.2) is 22.7 Å². The Morgan fingerprint density at radius 1 is 1.42 bits per heavy atom. The highest BCUT2D eigenvalue weighted by Crippen LogP contribution is 2.17. The average Bonchev–Trinajstić information content (AvgIpc) is 2.36. The van der Waals surface area contributed by atoms with Gasteiger partial charge in [-0.25, -0.2) is 4.39 Å². The molecule has 0 N–H and O–H groups in total. The van der Waals surface area contributed by atoms with Crippen LogP contribution in [0.25, 0.3) is 0 Å². The Balaban J connectivity index is 2.52. The Bertz CT molecular complexity index is 454. The quantitative estimate of drug-likeness (QED) is 0.793. The number of rotatable bonds is 6. The molecule has 1 aromatic rings. The van der Waals surface area contributed by atoms with Crippen LogP contribution < -0.4 is 0 Å². The van der Waals surface area contributed by atoms with E-state index in [-0.39, 0.29) is 11.7 Å². The summed E-state index contributed by atoms with van der Waals surface area (Å²) >= 11 is 3.35. The molecule has 4 heteroatoms. The molecule has 1 unspecified atom stereocenters. The van der Waals surface area contributed by atoms with Crippen molar-refractivity contribution in [2.45, 2.75) is 20.3 Å². The van der Waals surface area contributed by atoms with Crippen LogP contribution >= 0.6 is 15.9 Å². The number of hydrogen-bond donors (Lipinski definition) is 0. The molecule has 0 aliphatic rings. The molecule has 104 valence electrons. The molecule has 1 atom stereocenters. The van der Waals surface area contributed by atoms with Crippen molar-refractivity contribution < 1.29 is 4.39 Å². The summed E-state index contributed by atoms with van der Waals surface area (Å²) in [6.45, 7) is 5.58. The van der Waals surface area contributed by atoms with Crippen molar-refractivity contribution in [1.82, 2.24) is 4.90 Å². The molecule has 1 aromatic carbocycles. The van der Waals surface area contributed by atoms with E-state index in [2.05, 4.69) is 40.7 Å². The van der Waals surface area contributed by atoms with E-state index in [9.17, 15) is 4.39 Å². The number of halogens is 2. The number of hydrogen-bond acceptors (Lipinski definition) is 2. The molecular formula is C15H20BrFN2. The zero-order valence-electron chi connectivity index (χ0n) is 11.7. The summed E-state index contributed by atoms with van der Waals surface area (Å²) < 4.78 is 14.5. The molecule has 0 aliphatic heterocycles. The molecular weight excluding hydrogens is 307 g/mol. The van der Waals surface area contributed by atoms with Gasteiger partial charge in [-0.3, -0.25) is 0 Å². The third-order valence-corrected chi connectivity index (χ3v) is 3.74. The molecule has 0 amide bonds. The van der Waals surface area contributed by atoms with Gasteiger partial charge in [-0.05, 0) is 43.1 Å². The van der Waals surface area contributed by atoms with E-state index < -0.39 is 0 Å². The van der Waals surface area contributed by atoms with Gasteiger partial charge in [-0.1, -0.05) is 29.8 Å². The lowest BCUT2D eigenvalue weighted by atomic mass is 9.97. The SMILES string of the molecule is CC(C)C(C#N)CN(C)CCc1cc(Br)ccc1F. The fourth-order valence-electron chi connectivity index (χ4n) is 1.87. The second kappa shape index (κ2) is 7.62. The number of nitrogens with zero attached hydrogens (tertiary/aromatic N) is 2. The highest BCUT2D eigenvalue weighted by molar-refractivity contribution is 9.10. The van der Waals surface area contributed by atoms with Crippen LogP contribution in [0.5, 0.6) is 0 Å². The Morgan fingerprint density at radius 2 is 2.11 bits per heavy atom. The molecule has 0 spiro atoms. The molecule has 0 aliphatic carbocycles. The predicted octanol–water partition coefficient (Wildman–Crippen LogP) is 3.86. The van der Waals surface area contributed by atoms with E-state index >= 15 is 0 Å². The summed E-state index contributed by atoms with van der Waals surface area (Å²) in [6, 6.07) is 7.32. The van der Waals surface area contributed by atoms with Crippen LogP contribution in [0.4, 0.5) is 4.39 Å². The number of nitriles is 1. The summed E-state index contributed by atoms with van der Waals surface area (Å²) in [6.07, 6.45) is 0.651. The van der Waals surface area contributed by atoms with Gasteiger partial charge in [-0.2, -0.15) is 5.26 Å². The fourth-order valence-corrected chi connectivity index (χ4v) is 2.28. The van der Waals surface area contributed by atoms with Crippen molar-refractivity contribution >= 4 is 15.9 Å². The standard InChI is InChI=1S/C15H20BrFN2/c1-11(2)13(9-18)10-19(3)7-6-12-8-14(16)4-5-15(12)17/h4-5,8,11,13H,6-7,10H2,1-3H3. The summed E-state index contributed by atoms with van der Waals surface area (Å²) in [5, 5.41) is 9.07. The van der Waals surface area contributed by atoms with E-state index in [1.54, 1.807) is 6.07 Å². The minimum absolute atomic E-state index is 0.0253. The van der Waals surface area contributed by atoms with Crippen molar-refractivity contribution in [2.24, 2.45) is 11.8 Å². The Hall–Kier alpha value is -0.920. The van der Waals surface area contributed by atoms with Crippen LogP contribution in [0, 0.1) is 29.0 Å². The summed E-state index contributed by atoms with van der Waals surface area (Å²) in [4.78, 5) is 2.09. The van der Waals surface area contributed by atoms with Gasteiger partial charge in [0.2, 0.25) is 0 Å². The first kappa shape index (κ1) is 16.1. The van der Waals surface area contributed by atoms with Crippen molar-refractivity contribution in [3.8, 4) is 6.07 Å². The van der Waals surface area contributed by atoms with Gasteiger partial charge in [0.15, 0.2) is 0 Å². The van der Waals surface area contributed by atoms with Crippen LogP contribution in [0.2, 0.25) is 0 Å². The lowest BCUT2D eigenvalue weighted by Gasteiger charge is -2.22. The van der Waals surface area contributed by atoms with Gasteiger partial charge >= 0.3 is 0 Å². The molecule has 0 bridgehead atoms. The maximum absolute atomic E-state index is 13.6. The second-order valence-corrected chi connectivity index (χ2v) is 6.14. The first-order chi connectivity index (χ1) is 8.93. The zero-order valence-corrected chi connectivity index (χ0v) is 13.2. The van der Waals surface area contributed by atoms with Crippen molar-refractivity contribution in [3.63, 3.8) is 0 Å². The van der Waals surface area contributed by atoms with Gasteiger partial charge in [0.1, 0.15) is 5.82 Å². The van der Waals surface area contributed by atoms with Crippen LogP contribution in [0.1, 0.15) is 19.4 Å². The molecule has 0 radical (unpaired) electrons. The van der Waals surface area contributed by atoms with Crippen molar-refractivity contribution in [3.05, 3.63) is 34.1 Å².